The molecule has 0 radical (unpaired) electrons. The van der Waals surface area contributed by atoms with E-state index < -0.39 is 0 Å². The van der Waals surface area contributed by atoms with Crippen molar-refractivity contribution in [1.29, 1.82) is 0 Å². The summed E-state index contributed by atoms with van der Waals surface area (Å²) in [5, 5.41) is 3.52. The maximum atomic E-state index is 5.25. The molecule has 0 aliphatic carbocycles. The van der Waals surface area contributed by atoms with Gasteiger partial charge < -0.3 is 10.1 Å². The number of rotatable bonds is 7. The van der Waals surface area contributed by atoms with E-state index in [0.29, 0.717) is 17.9 Å². The molecule has 0 bridgehead atoms. The van der Waals surface area contributed by atoms with E-state index in [9.17, 15) is 0 Å². The van der Waals surface area contributed by atoms with E-state index in [2.05, 4.69) is 33.0 Å². The van der Waals surface area contributed by atoms with Crippen molar-refractivity contribution in [2.75, 3.05) is 20.3 Å². The van der Waals surface area contributed by atoms with Crippen molar-refractivity contribution in [3.63, 3.8) is 0 Å². The predicted octanol–water partition coefficient (Wildman–Crippen LogP) is 2.29. The molecule has 0 aliphatic rings. The van der Waals surface area contributed by atoms with Gasteiger partial charge in [0.25, 0.3) is 0 Å². The zero-order valence-electron chi connectivity index (χ0n) is 9.76. The topological polar surface area (TPSA) is 21.3 Å². The van der Waals surface area contributed by atoms with Gasteiger partial charge in [0.05, 0.1) is 6.61 Å². The molecule has 2 nitrogen and oxygen atoms in total. The quantitative estimate of drug-likeness (QED) is 0.660. The zero-order chi connectivity index (χ0) is 10.3. The molecule has 0 saturated carbocycles. The molecular weight excluding hydrogens is 162 g/mol. The number of ether oxygens (including phenoxy) is 1. The molecule has 13 heavy (non-hydrogen) atoms. The first-order chi connectivity index (χ1) is 6.17. The third kappa shape index (κ3) is 4.63. The summed E-state index contributed by atoms with van der Waals surface area (Å²) >= 11 is 0. The molecule has 80 valence electrons. The third-order valence-electron chi connectivity index (χ3n) is 2.64. The second-order valence-corrected chi connectivity index (χ2v) is 3.94. The molecule has 0 aromatic rings. The van der Waals surface area contributed by atoms with Gasteiger partial charge in [-0.3, -0.25) is 0 Å². The minimum absolute atomic E-state index is 0.602. The lowest BCUT2D eigenvalue weighted by Crippen LogP contribution is -2.40. The molecule has 0 aliphatic heterocycles. The largest absolute Gasteiger partial charge is 0.384 e. The smallest absolute Gasteiger partial charge is 0.0507 e. The van der Waals surface area contributed by atoms with Gasteiger partial charge in [0.1, 0.15) is 0 Å². The van der Waals surface area contributed by atoms with Crippen molar-refractivity contribution in [3.05, 3.63) is 0 Å². The number of hydrogen-bond acceptors (Lipinski definition) is 2. The highest BCUT2D eigenvalue weighted by molar-refractivity contribution is 4.76. The van der Waals surface area contributed by atoms with Crippen LogP contribution in [0.5, 0.6) is 0 Å². The van der Waals surface area contributed by atoms with Crippen LogP contribution in [-0.4, -0.2) is 26.3 Å². The van der Waals surface area contributed by atoms with E-state index in [-0.39, 0.29) is 0 Å². The predicted molar refractivity (Wildman–Crippen MR) is 58.0 cm³/mol. The van der Waals surface area contributed by atoms with Gasteiger partial charge in [-0.25, -0.2) is 0 Å². The molecule has 1 N–H and O–H groups in total. The van der Waals surface area contributed by atoms with E-state index in [4.69, 9.17) is 4.74 Å². The Hall–Kier alpha value is -0.0800. The highest BCUT2D eigenvalue weighted by Gasteiger charge is 2.21. The van der Waals surface area contributed by atoms with E-state index in [1.54, 1.807) is 7.11 Å². The van der Waals surface area contributed by atoms with Crippen molar-refractivity contribution in [2.45, 2.75) is 40.2 Å². The summed E-state index contributed by atoms with van der Waals surface area (Å²) in [7, 11) is 1.79. The Labute approximate surface area is 83.1 Å². The van der Waals surface area contributed by atoms with Crippen LogP contribution in [-0.2, 0) is 4.74 Å². The fraction of sp³-hybridized carbons (Fsp3) is 1.00. The van der Waals surface area contributed by atoms with Crippen LogP contribution < -0.4 is 5.32 Å². The molecule has 2 atom stereocenters. The third-order valence-corrected chi connectivity index (χ3v) is 2.64. The Bertz CT molecular complexity index is 115. The van der Waals surface area contributed by atoms with Crippen LogP contribution in [0, 0.1) is 11.8 Å². The summed E-state index contributed by atoms with van der Waals surface area (Å²) in [4.78, 5) is 0. The van der Waals surface area contributed by atoms with E-state index in [1.807, 2.05) is 0 Å². The Balaban J connectivity index is 4.11. The number of hydrogen-bond donors (Lipinski definition) is 1. The highest BCUT2D eigenvalue weighted by atomic mass is 16.5. The maximum Gasteiger partial charge on any atom is 0.0507 e. The van der Waals surface area contributed by atoms with Gasteiger partial charge in [-0.15, -0.1) is 0 Å². The molecule has 0 fully saturated rings. The summed E-state index contributed by atoms with van der Waals surface area (Å²) in [5.74, 6) is 1.32. The fourth-order valence-electron chi connectivity index (χ4n) is 1.83. The minimum atomic E-state index is 0.602. The van der Waals surface area contributed by atoms with Crippen LogP contribution in [0.25, 0.3) is 0 Å². The lowest BCUT2D eigenvalue weighted by Gasteiger charge is -2.29. The molecule has 2 unspecified atom stereocenters. The average molecular weight is 187 g/mol. The van der Waals surface area contributed by atoms with Crippen LogP contribution in [0.2, 0.25) is 0 Å². The van der Waals surface area contributed by atoms with Crippen LogP contribution >= 0.6 is 0 Å². The zero-order valence-corrected chi connectivity index (χ0v) is 9.76. The normalized spacial score (nSPS) is 16.2. The maximum absolute atomic E-state index is 5.25. The fourth-order valence-corrected chi connectivity index (χ4v) is 1.83. The van der Waals surface area contributed by atoms with Gasteiger partial charge in [-0.1, -0.05) is 27.7 Å². The molecule has 0 aromatic heterocycles. The van der Waals surface area contributed by atoms with Gasteiger partial charge in [0.15, 0.2) is 0 Å². The van der Waals surface area contributed by atoms with Crippen molar-refractivity contribution < 1.29 is 4.74 Å². The van der Waals surface area contributed by atoms with Crippen molar-refractivity contribution >= 4 is 0 Å². The molecular formula is C11H25NO. The highest BCUT2D eigenvalue weighted by Crippen LogP contribution is 2.17. The monoisotopic (exact) mass is 187 g/mol. The molecule has 0 amide bonds. The van der Waals surface area contributed by atoms with Gasteiger partial charge in [0, 0.05) is 13.2 Å². The molecule has 0 saturated heterocycles. The van der Waals surface area contributed by atoms with Crippen molar-refractivity contribution in [3.8, 4) is 0 Å². The van der Waals surface area contributed by atoms with Gasteiger partial charge in [-0.05, 0) is 24.8 Å². The van der Waals surface area contributed by atoms with Gasteiger partial charge in [-0.2, -0.15) is 0 Å². The number of nitrogens with one attached hydrogen (secondary N) is 1. The lowest BCUT2D eigenvalue weighted by atomic mass is 9.87. The molecule has 0 heterocycles. The number of methoxy groups -OCH3 is 1. The van der Waals surface area contributed by atoms with Crippen LogP contribution in [0.1, 0.15) is 34.1 Å². The van der Waals surface area contributed by atoms with Gasteiger partial charge in [0.2, 0.25) is 0 Å². The molecule has 0 spiro atoms. The summed E-state index contributed by atoms with van der Waals surface area (Å²) in [6.45, 7) is 10.8. The van der Waals surface area contributed by atoms with Crippen molar-refractivity contribution in [2.24, 2.45) is 11.8 Å². The molecule has 0 rings (SSSR count). The van der Waals surface area contributed by atoms with Gasteiger partial charge >= 0.3 is 0 Å². The Morgan fingerprint density at radius 2 is 1.85 bits per heavy atom. The second kappa shape index (κ2) is 7.34. The Morgan fingerprint density at radius 1 is 1.23 bits per heavy atom. The lowest BCUT2D eigenvalue weighted by molar-refractivity contribution is 0.103. The standard InChI is InChI=1S/C11H25NO/c1-6-11(12-7-2)10(8-13-5)9(3)4/h9-12H,6-8H2,1-5H3. The summed E-state index contributed by atoms with van der Waals surface area (Å²) in [6, 6.07) is 0.602. The second-order valence-electron chi connectivity index (χ2n) is 3.94. The molecule has 0 aromatic carbocycles. The van der Waals surface area contributed by atoms with E-state index in [0.717, 1.165) is 13.2 Å². The van der Waals surface area contributed by atoms with Crippen LogP contribution in [0.3, 0.4) is 0 Å². The summed E-state index contributed by atoms with van der Waals surface area (Å²) < 4.78 is 5.25. The summed E-state index contributed by atoms with van der Waals surface area (Å²) in [5.41, 5.74) is 0. The SMILES string of the molecule is CCNC(CC)C(COC)C(C)C. The van der Waals surface area contributed by atoms with Crippen LogP contribution in [0.4, 0.5) is 0 Å². The average Bonchev–Trinajstić information content (AvgIpc) is 2.10. The molecule has 2 heteroatoms. The van der Waals surface area contributed by atoms with E-state index >= 15 is 0 Å². The first kappa shape index (κ1) is 12.9. The van der Waals surface area contributed by atoms with Crippen LogP contribution in [0.15, 0.2) is 0 Å². The first-order valence-electron chi connectivity index (χ1n) is 5.39. The van der Waals surface area contributed by atoms with E-state index in [1.165, 1.54) is 6.42 Å². The van der Waals surface area contributed by atoms with Crippen molar-refractivity contribution in [1.82, 2.24) is 5.32 Å². The first-order valence-corrected chi connectivity index (χ1v) is 5.39. The summed E-state index contributed by atoms with van der Waals surface area (Å²) in [6.07, 6.45) is 1.18. The Kier molecular flexibility index (Phi) is 7.29. The minimum Gasteiger partial charge on any atom is -0.384 e. The Morgan fingerprint density at radius 3 is 2.15 bits per heavy atom.